The van der Waals surface area contributed by atoms with Gasteiger partial charge in [-0.25, -0.2) is 4.79 Å². The van der Waals surface area contributed by atoms with E-state index in [-0.39, 0.29) is 35.2 Å². The lowest BCUT2D eigenvalue weighted by atomic mass is 9.83. The SMILES string of the molecule is CCOc1cc(C(C)(C)C)ncc1C(=NC(C)(C)C1C=CC(Cl)=CC1)N(Cc1ccc(I)cc1)C(=O)N1CCC(CC(=O)N[C@@H](C)C2CCCCC2)CC1. The Balaban J connectivity index is 1.47. The number of hydrogen-bond acceptors (Lipinski definition) is 5. The molecule has 0 bridgehead atoms. The molecule has 10 heteroatoms. The Labute approximate surface area is 342 Å². The Hall–Kier alpha value is -2.92. The smallest absolute Gasteiger partial charge is 0.325 e. The molecule has 2 heterocycles. The van der Waals surface area contributed by atoms with Crippen LogP contribution in [0.25, 0.3) is 0 Å². The lowest BCUT2D eigenvalue weighted by Crippen LogP contribution is -2.50. The highest BCUT2D eigenvalue weighted by molar-refractivity contribution is 14.1. The first-order valence-electron chi connectivity index (χ1n) is 20.0. The van der Waals surface area contributed by atoms with Gasteiger partial charge in [-0.1, -0.05) is 75.9 Å². The number of hydrogen-bond donors (Lipinski definition) is 1. The van der Waals surface area contributed by atoms with Gasteiger partial charge in [0.15, 0.2) is 0 Å². The number of urea groups is 1. The summed E-state index contributed by atoms with van der Waals surface area (Å²) in [5.74, 6) is 2.20. The van der Waals surface area contributed by atoms with Crippen LogP contribution in [0.3, 0.4) is 0 Å². The summed E-state index contributed by atoms with van der Waals surface area (Å²) in [6.45, 7) is 16.7. The molecule has 0 radical (unpaired) electrons. The fourth-order valence-electron chi connectivity index (χ4n) is 7.86. The summed E-state index contributed by atoms with van der Waals surface area (Å²) in [7, 11) is 0. The zero-order valence-electron chi connectivity index (χ0n) is 33.5. The molecule has 1 saturated heterocycles. The minimum Gasteiger partial charge on any atom is -0.493 e. The minimum atomic E-state index is -0.605. The van der Waals surface area contributed by atoms with Crippen molar-refractivity contribution in [3.8, 4) is 5.75 Å². The third-order valence-corrected chi connectivity index (χ3v) is 12.4. The highest BCUT2D eigenvalue weighted by Gasteiger charge is 2.36. The van der Waals surface area contributed by atoms with Crippen molar-refractivity contribution >= 4 is 52.0 Å². The van der Waals surface area contributed by atoms with E-state index in [4.69, 9.17) is 26.3 Å². The highest BCUT2D eigenvalue weighted by Crippen LogP contribution is 2.35. The summed E-state index contributed by atoms with van der Waals surface area (Å²) in [6.07, 6.45) is 17.0. The number of ether oxygens (including phenoxy) is 1. The Morgan fingerprint density at radius 3 is 2.37 bits per heavy atom. The van der Waals surface area contributed by atoms with Gasteiger partial charge < -0.3 is 15.0 Å². The fraction of sp³-hybridized carbons (Fsp3) is 0.591. The average molecular weight is 870 g/mol. The van der Waals surface area contributed by atoms with Gasteiger partial charge in [0.25, 0.3) is 0 Å². The number of nitrogens with zero attached hydrogens (tertiary/aromatic N) is 4. The molecule has 294 valence electrons. The number of allylic oxidation sites excluding steroid dienone is 3. The number of amidine groups is 1. The molecule has 3 aliphatic rings. The summed E-state index contributed by atoms with van der Waals surface area (Å²) < 4.78 is 7.46. The number of likely N-dealkylation sites (tertiary alicyclic amines) is 1. The van der Waals surface area contributed by atoms with Crippen molar-refractivity contribution in [3.63, 3.8) is 0 Å². The summed E-state index contributed by atoms with van der Waals surface area (Å²) >= 11 is 8.65. The van der Waals surface area contributed by atoms with Gasteiger partial charge in [-0.2, -0.15) is 0 Å². The van der Waals surface area contributed by atoms with E-state index in [9.17, 15) is 4.79 Å². The average Bonchev–Trinajstić information content (AvgIpc) is 3.14. The van der Waals surface area contributed by atoms with E-state index in [1.807, 2.05) is 41.1 Å². The number of piperidine rings is 1. The van der Waals surface area contributed by atoms with Gasteiger partial charge in [0.2, 0.25) is 5.91 Å². The largest absolute Gasteiger partial charge is 0.493 e. The Bertz CT molecular complexity index is 1680. The quantitative estimate of drug-likeness (QED) is 0.138. The van der Waals surface area contributed by atoms with Crippen LogP contribution >= 0.6 is 34.2 Å². The Morgan fingerprint density at radius 1 is 1.07 bits per heavy atom. The first kappa shape index (κ1) is 42.2. The van der Waals surface area contributed by atoms with Crippen molar-refractivity contribution in [2.45, 2.75) is 130 Å². The third kappa shape index (κ3) is 11.3. The van der Waals surface area contributed by atoms with Crippen LogP contribution in [0.4, 0.5) is 4.79 Å². The molecule has 2 fully saturated rings. The first-order valence-corrected chi connectivity index (χ1v) is 21.5. The van der Waals surface area contributed by atoms with Crippen LogP contribution in [-0.4, -0.2) is 63.8 Å². The standard InChI is InChI=1S/C44H61ClIN5O3/c1-8-54-38-27-39(43(3,4)5)47-28-37(38)41(49-44(6,7)34-16-18-35(45)19-17-34)51(29-32-14-20-36(46)21-15-32)42(53)50-24-22-31(23-25-50)26-40(52)48-30(2)33-12-10-9-11-13-33/h14-16,18-21,27-28,30-31,33-34H,8-13,17,22-26,29H2,1-7H3,(H,48,52)/t30-,34?/m0/s1. The van der Waals surface area contributed by atoms with Crippen LogP contribution in [0.5, 0.6) is 5.75 Å². The van der Waals surface area contributed by atoms with Crippen molar-refractivity contribution in [2.75, 3.05) is 19.7 Å². The molecule has 54 heavy (non-hydrogen) atoms. The molecule has 3 amide bonds. The molecular weight excluding hydrogens is 809 g/mol. The predicted molar refractivity (Wildman–Crippen MR) is 229 cm³/mol. The molecule has 1 unspecified atom stereocenters. The van der Waals surface area contributed by atoms with Gasteiger partial charge in [-0.15, -0.1) is 0 Å². The van der Waals surface area contributed by atoms with Crippen LogP contribution < -0.4 is 10.1 Å². The maximum Gasteiger partial charge on any atom is 0.325 e. The Morgan fingerprint density at radius 2 is 1.76 bits per heavy atom. The predicted octanol–water partition coefficient (Wildman–Crippen LogP) is 10.4. The van der Waals surface area contributed by atoms with E-state index in [0.29, 0.717) is 55.7 Å². The molecule has 5 rings (SSSR count). The second kappa shape index (κ2) is 18.8. The Kier molecular flexibility index (Phi) is 14.7. The van der Waals surface area contributed by atoms with E-state index in [1.165, 1.54) is 32.1 Å². The molecular formula is C44H61ClIN5O3. The molecule has 1 aliphatic heterocycles. The van der Waals surface area contributed by atoms with Crippen LogP contribution in [0.2, 0.25) is 0 Å². The second-order valence-corrected chi connectivity index (χ2v) is 18.7. The van der Waals surface area contributed by atoms with Crippen molar-refractivity contribution in [2.24, 2.45) is 22.7 Å². The molecule has 2 atom stereocenters. The van der Waals surface area contributed by atoms with Crippen LogP contribution in [0.1, 0.15) is 123 Å². The number of aromatic nitrogens is 1. The molecule has 1 saturated carbocycles. The molecule has 0 spiro atoms. The van der Waals surface area contributed by atoms with E-state index >= 15 is 4.79 Å². The van der Waals surface area contributed by atoms with E-state index < -0.39 is 5.54 Å². The maximum atomic E-state index is 15.0. The van der Waals surface area contributed by atoms with E-state index in [1.54, 1.807) is 0 Å². The number of carbonyl (C=O) groups is 2. The molecule has 2 aromatic rings. The van der Waals surface area contributed by atoms with Gasteiger partial charge in [0, 0.05) is 63.4 Å². The molecule has 1 aromatic heterocycles. The summed E-state index contributed by atoms with van der Waals surface area (Å²) in [4.78, 5) is 42.4. The molecule has 8 nitrogen and oxygen atoms in total. The monoisotopic (exact) mass is 869 g/mol. The van der Waals surface area contributed by atoms with Crippen LogP contribution in [0, 0.1) is 21.3 Å². The topological polar surface area (TPSA) is 87.1 Å². The lowest BCUT2D eigenvalue weighted by Gasteiger charge is -2.38. The third-order valence-electron chi connectivity index (χ3n) is 11.4. The number of pyridine rings is 1. The molecule has 2 aliphatic carbocycles. The fourth-order valence-corrected chi connectivity index (χ4v) is 8.38. The normalized spacial score (nSPS) is 19.6. The number of rotatable bonds is 11. The number of benzene rings is 1. The summed E-state index contributed by atoms with van der Waals surface area (Å²) in [5, 5.41) is 4.04. The van der Waals surface area contributed by atoms with Gasteiger partial charge in [0.1, 0.15) is 11.6 Å². The number of carbonyl (C=O) groups excluding carboxylic acids is 2. The van der Waals surface area contributed by atoms with Gasteiger partial charge in [0.05, 0.1) is 24.3 Å². The number of halogens is 2. The van der Waals surface area contributed by atoms with Crippen molar-refractivity contribution in [1.29, 1.82) is 0 Å². The van der Waals surface area contributed by atoms with Crippen LogP contribution in [0.15, 0.2) is 64.8 Å². The molecule has 1 aromatic carbocycles. The highest BCUT2D eigenvalue weighted by atomic mass is 127. The van der Waals surface area contributed by atoms with Crippen LogP contribution in [-0.2, 0) is 16.8 Å². The van der Waals surface area contributed by atoms with E-state index in [2.05, 4.69) is 99.8 Å². The number of amides is 3. The zero-order valence-corrected chi connectivity index (χ0v) is 36.4. The zero-order chi connectivity index (χ0) is 39.0. The van der Waals surface area contributed by atoms with Gasteiger partial charge in [-0.3, -0.25) is 19.7 Å². The van der Waals surface area contributed by atoms with Crippen molar-refractivity contribution in [1.82, 2.24) is 20.1 Å². The maximum absolute atomic E-state index is 15.0. The summed E-state index contributed by atoms with van der Waals surface area (Å²) in [5.41, 5.74) is 1.77. The van der Waals surface area contributed by atoms with E-state index in [0.717, 1.165) is 39.1 Å². The summed E-state index contributed by atoms with van der Waals surface area (Å²) in [6, 6.07) is 10.4. The lowest BCUT2D eigenvalue weighted by molar-refractivity contribution is -0.123. The number of aliphatic imine (C=N–C) groups is 1. The molecule has 1 N–H and O–H groups in total. The van der Waals surface area contributed by atoms with Gasteiger partial charge >= 0.3 is 6.03 Å². The van der Waals surface area contributed by atoms with Gasteiger partial charge in [-0.05, 0) is 118 Å². The minimum absolute atomic E-state index is 0.0605. The number of nitrogens with one attached hydrogen (secondary N) is 1. The second-order valence-electron chi connectivity index (χ2n) is 17.0. The van der Waals surface area contributed by atoms with Crippen molar-refractivity contribution in [3.05, 3.63) is 80.2 Å². The van der Waals surface area contributed by atoms with Crippen molar-refractivity contribution < 1.29 is 14.3 Å². The first-order chi connectivity index (χ1) is 25.6.